The van der Waals surface area contributed by atoms with Gasteiger partial charge in [0.25, 0.3) is 0 Å². The zero-order chi connectivity index (χ0) is 10.5. The number of hydrogen-bond acceptors (Lipinski definition) is 2. The molecular formula is C13H16O2. The van der Waals surface area contributed by atoms with Gasteiger partial charge in [-0.25, -0.2) is 0 Å². The van der Waals surface area contributed by atoms with Crippen molar-refractivity contribution in [3.8, 4) is 0 Å². The number of rotatable bonds is 2. The van der Waals surface area contributed by atoms with Gasteiger partial charge in [0, 0.05) is 13.5 Å². The predicted molar refractivity (Wildman–Crippen MR) is 59.8 cm³/mol. The molecule has 0 unspecified atom stereocenters. The summed E-state index contributed by atoms with van der Waals surface area (Å²) < 4.78 is 10.7. The Kier molecular flexibility index (Phi) is 3.41. The van der Waals surface area contributed by atoms with Crippen molar-refractivity contribution in [1.29, 1.82) is 0 Å². The number of methoxy groups -OCH3 is 1. The number of fused-ring (bicyclic) bond motifs is 1. The molecule has 2 rings (SSSR count). The van der Waals surface area contributed by atoms with Crippen LogP contribution in [0, 0.1) is 0 Å². The van der Waals surface area contributed by atoms with E-state index in [0.29, 0.717) is 6.61 Å². The molecule has 0 fully saturated rings. The summed E-state index contributed by atoms with van der Waals surface area (Å²) in [5.41, 5.74) is 2.79. The van der Waals surface area contributed by atoms with Gasteiger partial charge in [-0.1, -0.05) is 24.3 Å². The van der Waals surface area contributed by atoms with Crippen molar-refractivity contribution in [2.75, 3.05) is 20.3 Å². The monoisotopic (exact) mass is 204 g/mol. The molecule has 0 saturated carbocycles. The molecule has 0 aromatic heterocycles. The summed E-state index contributed by atoms with van der Waals surface area (Å²) in [6, 6.07) is 8.53. The normalized spacial score (nSPS) is 19.1. The fraction of sp³-hybridized carbons (Fsp3) is 0.385. The molecule has 1 aromatic carbocycles. The van der Waals surface area contributed by atoms with Gasteiger partial charge in [0.05, 0.1) is 6.61 Å². The summed E-state index contributed by atoms with van der Waals surface area (Å²) in [5.74, 6) is 0.951. The van der Waals surface area contributed by atoms with Crippen molar-refractivity contribution < 1.29 is 9.47 Å². The molecule has 0 saturated heterocycles. The average Bonchev–Trinajstić information content (AvgIpc) is 2.23. The third-order valence-corrected chi connectivity index (χ3v) is 2.61. The van der Waals surface area contributed by atoms with E-state index in [0.717, 1.165) is 25.2 Å². The molecule has 0 atom stereocenters. The molecule has 0 amide bonds. The van der Waals surface area contributed by atoms with Crippen molar-refractivity contribution in [1.82, 2.24) is 0 Å². The zero-order valence-electron chi connectivity index (χ0n) is 9.03. The summed E-state index contributed by atoms with van der Waals surface area (Å²) in [5, 5.41) is 0. The molecule has 0 N–H and O–H groups in total. The van der Waals surface area contributed by atoms with Crippen LogP contribution in [0.4, 0.5) is 0 Å². The maximum atomic E-state index is 5.62. The zero-order valence-corrected chi connectivity index (χ0v) is 9.03. The Morgan fingerprint density at radius 2 is 2.07 bits per heavy atom. The maximum Gasteiger partial charge on any atom is 0.118 e. The Morgan fingerprint density at radius 1 is 1.27 bits per heavy atom. The Bertz CT molecular complexity index is 355. The molecule has 0 bridgehead atoms. The minimum Gasteiger partial charge on any atom is -0.495 e. The Balaban J connectivity index is 2.17. The Hall–Kier alpha value is -1.28. The van der Waals surface area contributed by atoms with Gasteiger partial charge >= 0.3 is 0 Å². The molecule has 1 aromatic rings. The maximum absolute atomic E-state index is 5.62. The van der Waals surface area contributed by atoms with E-state index in [1.807, 2.05) is 0 Å². The lowest BCUT2D eigenvalue weighted by atomic mass is 10.0. The standard InChI is InChI=1S/C13H16O2/c1-14-10-13-7-6-11-4-2-3-5-12(11)8-9-15-13/h2-5,7H,6,8-10H2,1H3/b13-7-. The molecule has 80 valence electrons. The highest BCUT2D eigenvalue weighted by atomic mass is 16.5. The summed E-state index contributed by atoms with van der Waals surface area (Å²) in [6.45, 7) is 1.31. The van der Waals surface area contributed by atoms with E-state index in [2.05, 4.69) is 30.3 Å². The largest absolute Gasteiger partial charge is 0.495 e. The van der Waals surface area contributed by atoms with Crippen LogP contribution >= 0.6 is 0 Å². The number of allylic oxidation sites excluding steroid dienone is 1. The highest BCUT2D eigenvalue weighted by Gasteiger charge is 2.06. The smallest absolute Gasteiger partial charge is 0.118 e. The second-order valence-electron chi connectivity index (χ2n) is 3.67. The van der Waals surface area contributed by atoms with E-state index >= 15 is 0 Å². The summed E-state index contributed by atoms with van der Waals surface area (Å²) in [7, 11) is 1.69. The lowest BCUT2D eigenvalue weighted by molar-refractivity contribution is 0.131. The van der Waals surface area contributed by atoms with Gasteiger partial charge < -0.3 is 9.47 Å². The van der Waals surface area contributed by atoms with Crippen molar-refractivity contribution >= 4 is 0 Å². The molecular weight excluding hydrogens is 188 g/mol. The van der Waals surface area contributed by atoms with Crippen LogP contribution in [0.5, 0.6) is 0 Å². The van der Waals surface area contributed by atoms with Crippen molar-refractivity contribution in [3.63, 3.8) is 0 Å². The fourth-order valence-electron chi connectivity index (χ4n) is 1.82. The molecule has 0 radical (unpaired) electrons. The SMILES string of the molecule is COC/C1=C/Cc2ccccc2CCO1. The van der Waals surface area contributed by atoms with E-state index in [4.69, 9.17) is 9.47 Å². The first-order valence-corrected chi connectivity index (χ1v) is 5.27. The molecule has 2 heteroatoms. The minimum absolute atomic E-state index is 0.572. The first-order chi connectivity index (χ1) is 7.40. The van der Waals surface area contributed by atoms with Crippen LogP contribution in [0.15, 0.2) is 36.1 Å². The highest BCUT2D eigenvalue weighted by molar-refractivity contribution is 5.30. The second-order valence-corrected chi connectivity index (χ2v) is 3.67. The summed E-state index contributed by atoms with van der Waals surface area (Å²) >= 11 is 0. The van der Waals surface area contributed by atoms with Crippen molar-refractivity contribution in [2.24, 2.45) is 0 Å². The first-order valence-electron chi connectivity index (χ1n) is 5.27. The van der Waals surface area contributed by atoms with E-state index in [9.17, 15) is 0 Å². The molecule has 2 nitrogen and oxygen atoms in total. The quantitative estimate of drug-likeness (QED) is 0.736. The van der Waals surface area contributed by atoms with Gasteiger partial charge in [0.2, 0.25) is 0 Å². The Morgan fingerprint density at radius 3 is 2.87 bits per heavy atom. The third-order valence-electron chi connectivity index (χ3n) is 2.61. The second kappa shape index (κ2) is 4.99. The van der Waals surface area contributed by atoms with Gasteiger partial charge in [0.1, 0.15) is 12.4 Å². The fourth-order valence-corrected chi connectivity index (χ4v) is 1.82. The van der Waals surface area contributed by atoms with Crippen LogP contribution in [0.2, 0.25) is 0 Å². The topological polar surface area (TPSA) is 18.5 Å². The van der Waals surface area contributed by atoms with Crippen LogP contribution in [0.25, 0.3) is 0 Å². The van der Waals surface area contributed by atoms with E-state index < -0.39 is 0 Å². The van der Waals surface area contributed by atoms with Gasteiger partial charge in [-0.15, -0.1) is 0 Å². The predicted octanol–water partition coefficient (Wildman–Crippen LogP) is 2.33. The molecule has 1 aliphatic heterocycles. The van der Waals surface area contributed by atoms with E-state index in [-0.39, 0.29) is 0 Å². The Labute approximate surface area is 90.5 Å². The average molecular weight is 204 g/mol. The van der Waals surface area contributed by atoms with Crippen LogP contribution < -0.4 is 0 Å². The molecule has 0 spiro atoms. The van der Waals surface area contributed by atoms with Gasteiger partial charge in [0.15, 0.2) is 0 Å². The molecule has 1 aliphatic rings. The lowest BCUT2D eigenvalue weighted by Gasteiger charge is -2.15. The number of benzene rings is 1. The number of hydrogen-bond donors (Lipinski definition) is 0. The van der Waals surface area contributed by atoms with Gasteiger partial charge in [-0.05, 0) is 23.6 Å². The third kappa shape index (κ3) is 2.60. The van der Waals surface area contributed by atoms with Crippen LogP contribution in [0.3, 0.4) is 0 Å². The minimum atomic E-state index is 0.572. The summed E-state index contributed by atoms with van der Waals surface area (Å²) in [4.78, 5) is 0. The highest BCUT2D eigenvalue weighted by Crippen LogP contribution is 2.15. The first kappa shape index (κ1) is 10.2. The van der Waals surface area contributed by atoms with E-state index in [1.165, 1.54) is 11.1 Å². The molecule has 15 heavy (non-hydrogen) atoms. The van der Waals surface area contributed by atoms with E-state index in [1.54, 1.807) is 7.11 Å². The van der Waals surface area contributed by atoms with Crippen molar-refractivity contribution in [2.45, 2.75) is 12.8 Å². The van der Waals surface area contributed by atoms with Gasteiger partial charge in [-0.3, -0.25) is 0 Å². The van der Waals surface area contributed by atoms with Gasteiger partial charge in [-0.2, -0.15) is 0 Å². The number of ether oxygens (including phenoxy) is 2. The van der Waals surface area contributed by atoms with Crippen LogP contribution in [0.1, 0.15) is 11.1 Å². The molecule has 1 heterocycles. The molecule has 0 aliphatic carbocycles. The van der Waals surface area contributed by atoms with Crippen LogP contribution in [-0.4, -0.2) is 20.3 Å². The lowest BCUT2D eigenvalue weighted by Crippen LogP contribution is -2.08. The van der Waals surface area contributed by atoms with Crippen molar-refractivity contribution in [3.05, 3.63) is 47.2 Å². The summed E-state index contributed by atoms with van der Waals surface area (Å²) in [6.07, 6.45) is 4.04. The van der Waals surface area contributed by atoms with Crippen LogP contribution in [-0.2, 0) is 22.3 Å².